The van der Waals surface area contributed by atoms with E-state index in [1.807, 2.05) is 6.07 Å². The summed E-state index contributed by atoms with van der Waals surface area (Å²) in [5.41, 5.74) is 3.01. The van der Waals surface area contributed by atoms with E-state index in [-0.39, 0.29) is 24.3 Å². The van der Waals surface area contributed by atoms with Gasteiger partial charge in [-0.05, 0) is 36.6 Å². The van der Waals surface area contributed by atoms with Crippen molar-refractivity contribution in [2.45, 2.75) is 25.4 Å². The molecular formula is C13H18ClFN2O. The third-order valence-electron chi connectivity index (χ3n) is 3.51. The minimum absolute atomic E-state index is 0. The maximum absolute atomic E-state index is 13.9. The number of anilines is 1. The summed E-state index contributed by atoms with van der Waals surface area (Å²) in [6.45, 7) is 3.18. The Hall–Kier alpha value is -0.840. The second kappa shape index (κ2) is 5.87. The van der Waals surface area contributed by atoms with Gasteiger partial charge >= 0.3 is 0 Å². The lowest BCUT2D eigenvalue weighted by Gasteiger charge is -2.23. The van der Waals surface area contributed by atoms with Crippen molar-refractivity contribution in [1.29, 1.82) is 0 Å². The lowest BCUT2D eigenvalue weighted by molar-refractivity contribution is 0.195. The Morgan fingerprint density at radius 3 is 3.06 bits per heavy atom. The monoisotopic (exact) mass is 272 g/mol. The molecule has 2 aliphatic heterocycles. The molecule has 0 aromatic heterocycles. The molecule has 1 aromatic rings. The molecule has 1 unspecified atom stereocenters. The van der Waals surface area contributed by atoms with Gasteiger partial charge in [-0.25, -0.2) is 4.39 Å². The molecule has 5 heteroatoms. The van der Waals surface area contributed by atoms with Crippen LogP contribution in [0.5, 0.6) is 0 Å². The summed E-state index contributed by atoms with van der Waals surface area (Å²) in [5.74, 6) is -0.153. The van der Waals surface area contributed by atoms with Gasteiger partial charge in [-0.1, -0.05) is 6.07 Å². The Morgan fingerprint density at radius 1 is 1.39 bits per heavy atom. The number of hydrogen-bond donors (Lipinski definition) is 2. The summed E-state index contributed by atoms with van der Waals surface area (Å²) in [5, 5.41) is 6.59. The van der Waals surface area contributed by atoms with E-state index < -0.39 is 0 Å². The van der Waals surface area contributed by atoms with Crippen LogP contribution in [0, 0.1) is 5.82 Å². The molecule has 0 amide bonds. The van der Waals surface area contributed by atoms with Crippen molar-refractivity contribution in [2.75, 3.05) is 25.1 Å². The lowest BCUT2D eigenvalue weighted by atomic mass is 9.98. The largest absolute Gasteiger partial charge is 0.379 e. The number of hydrogen-bond acceptors (Lipinski definition) is 3. The third-order valence-corrected chi connectivity index (χ3v) is 3.51. The van der Waals surface area contributed by atoms with Gasteiger partial charge < -0.3 is 15.4 Å². The number of nitrogens with one attached hydrogen (secondary N) is 2. The van der Waals surface area contributed by atoms with Crippen molar-refractivity contribution in [3.8, 4) is 0 Å². The average molecular weight is 273 g/mol. The molecule has 0 spiro atoms. The number of benzene rings is 1. The van der Waals surface area contributed by atoms with Crippen LogP contribution in [0.25, 0.3) is 0 Å². The van der Waals surface area contributed by atoms with E-state index in [1.54, 1.807) is 6.07 Å². The second-order valence-electron chi connectivity index (χ2n) is 4.69. The first kappa shape index (κ1) is 13.6. The fourth-order valence-electron chi connectivity index (χ4n) is 2.54. The van der Waals surface area contributed by atoms with Crippen LogP contribution < -0.4 is 10.6 Å². The summed E-state index contributed by atoms with van der Waals surface area (Å²) >= 11 is 0. The first-order valence-corrected chi connectivity index (χ1v) is 6.20. The van der Waals surface area contributed by atoms with Gasteiger partial charge in [-0.3, -0.25) is 0 Å². The minimum atomic E-state index is -0.153. The van der Waals surface area contributed by atoms with Crippen LogP contribution in [0.1, 0.15) is 17.5 Å². The molecule has 1 saturated heterocycles. The van der Waals surface area contributed by atoms with Crippen LogP contribution in [-0.4, -0.2) is 25.8 Å². The van der Waals surface area contributed by atoms with Gasteiger partial charge in [-0.2, -0.15) is 0 Å². The molecule has 1 aromatic carbocycles. The number of rotatable bonds is 2. The van der Waals surface area contributed by atoms with Gasteiger partial charge in [0.25, 0.3) is 0 Å². The van der Waals surface area contributed by atoms with Gasteiger partial charge in [0.05, 0.1) is 18.3 Å². The Kier molecular flexibility index (Phi) is 4.43. The minimum Gasteiger partial charge on any atom is -0.379 e. The maximum atomic E-state index is 13.9. The van der Waals surface area contributed by atoms with Crippen LogP contribution in [0.3, 0.4) is 0 Å². The van der Waals surface area contributed by atoms with E-state index in [4.69, 9.17) is 4.74 Å². The van der Waals surface area contributed by atoms with Crippen molar-refractivity contribution in [1.82, 2.24) is 5.32 Å². The lowest BCUT2D eigenvalue weighted by Crippen LogP contribution is -2.27. The van der Waals surface area contributed by atoms with E-state index in [0.29, 0.717) is 12.3 Å². The van der Waals surface area contributed by atoms with Gasteiger partial charge in [0.15, 0.2) is 0 Å². The van der Waals surface area contributed by atoms with Gasteiger partial charge in [0.2, 0.25) is 0 Å². The smallest absolute Gasteiger partial charge is 0.146 e. The zero-order chi connectivity index (χ0) is 11.7. The predicted molar refractivity (Wildman–Crippen MR) is 71.9 cm³/mol. The van der Waals surface area contributed by atoms with Crippen LogP contribution >= 0.6 is 12.4 Å². The molecule has 2 N–H and O–H groups in total. The molecule has 0 aliphatic carbocycles. The summed E-state index contributed by atoms with van der Waals surface area (Å²) < 4.78 is 19.2. The molecule has 2 aliphatic rings. The van der Waals surface area contributed by atoms with E-state index in [9.17, 15) is 4.39 Å². The second-order valence-corrected chi connectivity index (χ2v) is 4.69. The molecule has 0 bridgehead atoms. The highest BCUT2D eigenvalue weighted by Crippen LogP contribution is 2.27. The highest BCUT2D eigenvalue weighted by molar-refractivity contribution is 5.85. The SMILES string of the molecule is Cl.Fc1ccc2c(c1NC1CCOC1)CNCC2. The molecular weight excluding hydrogens is 255 g/mol. The molecule has 0 radical (unpaired) electrons. The molecule has 100 valence electrons. The van der Waals surface area contributed by atoms with Gasteiger partial charge in [0, 0.05) is 13.2 Å². The molecule has 18 heavy (non-hydrogen) atoms. The average Bonchev–Trinajstić information content (AvgIpc) is 2.86. The van der Waals surface area contributed by atoms with Crippen LogP contribution in [-0.2, 0) is 17.7 Å². The zero-order valence-corrected chi connectivity index (χ0v) is 11.0. The summed E-state index contributed by atoms with van der Waals surface area (Å²) in [6.07, 6.45) is 1.93. The molecule has 3 rings (SSSR count). The van der Waals surface area contributed by atoms with E-state index in [0.717, 1.165) is 38.1 Å². The summed E-state index contributed by atoms with van der Waals surface area (Å²) in [7, 11) is 0. The third kappa shape index (κ3) is 2.60. The maximum Gasteiger partial charge on any atom is 0.146 e. The quantitative estimate of drug-likeness (QED) is 0.865. The highest BCUT2D eigenvalue weighted by Gasteiger charge is 2.21. The first-order valence-electron chi connectivity index (χ1n) is 6.20. The van der Waals surface area contributed by atoms with Crippen molar-refractivity contribution >= 4 is 18.1 Å². The van der Waals surface area contributed by atoms with Crippen molar-refractivity contribution in [2.24, 2.45) is 0 Å². The number of halogens is 2. The van der Waals surface area contributed by atoms with Gasteiger partial charge in [0.1, 0.15) is 5.82 Å². The molecule has 1 atom stereocenters. The van der Waals surface area contributed by atoms with Crippen molar-refractivity contribution in [3.63, 3.8) is 0 Å². The van der Waals surface area contributed by atoms with Crippen LogP contribution in [0.4, 0.5) is 10.1 Å². The Bertz CT molecular complexity index is 422. The molecule has 2 heterocycles. The zero-order valence-electron chi connectivity index (χ0n) is 10.2. The Labute approximate surface area is 113 Å². The van der Waals surface area contributed by atoms with Crippen molar-refractivity contribution in [3.05, 3.63) is 29.1 Å². The summed E-state index contributed by atoms with van der Waals surface area (Å²) in [4.78, 5) is 0. The fourth-order valence-corrected chi connectivity index (χ4v) is 2.54. The van der Waals surface area contributed by atoms with E-state index in [2.05, 4.69) is 10.6 Å². The van der Waals surface area contributed by atoms with Gasteiger partial charge in [-0.15, -0.1) is 12.4 Å². The fraction of sp³-hybridized carbons (Fsp3) is 0.538. The normalized spacial score (nSPS) is 22.2. The topological polar surface area (TPSA) is 33.3 Å². The summed E-state index contributed by atoms with van der Waals surface area (Å²) in [6, 6.07) is 3.72. The van der Waals surface area contributed by atoms with Crippen LogP contribution in [0.2, 0.25) is 0 Å². The van der Waals surface area contributed by atoms with Crippen molar-refractivity contribution < 1.29 is 9.13 Å². The highest BCUT2D eigenvalue weighted by atomic mass is 35.5. The molecule has 1 fully saturated rings. The van der Waals surface area contributed by atoms with E-state index >= 15 is 0 Å². The number of fused-ring (bicyclic) bond motifs is 1. The predicted octanol–water partition coefficient (Wildman–Crippen LogP) is 2.09. The standard InChI is InChI=1S/C13H17FN2O.ClH/c14-12-2-1-9-3-5-15-7-11(9)13(12)16-10-4-6-17-8-10;/h1-2,10,15-16H,3-8H2;1H. The molecule has 0 saturated carbocycles. The molecule has 3 nitrogen and oxygen atoms in total. The first-order chi connectivity index (χ1) is 8.34. The Balaban J connectivity index is 0.00000120. The van der Waals surface area contributed by atoms with Crippen LogP contribution in [0.15, 0.2) is 12.1 Å². The van der Waals surface area contributed by atoms with E-state index in [1.165, 1.54) is 5.56 Å². The Morgan fingerprint density at radius 2 is 2.28 bits per heavy atom. The number of ether oxygens (including phenoxy) is 1.